The fraction of sp³-hybridized carbons (Fsp3) is 0.333. The van der Waals surface area contributed by atoms with Crippen molar-refractivity contribution in [2.45, 2.75) is 19.1 Å². The molecule has 1 atom stereocenters. The minimum Gasteiger partial charge on any atom is -0.496 e. The van der Waals surface area contributed by atoms with E-state index in [-0.39, 0.29) is 12.1 Å². The van der Waals surface area contributed by atoms with Gasteiger partial charge in [-0.2, -0.15) is 0 Å². The molecular weight excluding hydrogens is 342 g/mol. The molecule has 0 saturated heterocycles. The van der Waals surface area contributed by atoms with Gasteiger partial charge in [0.15, 0.2) is 6.10 Å². The summed E-state index contributed by atoms with van der Waals surface area (Å²) in [5.41, 5.74) is 2.85. The molecule has 2 aromatic rings. The van der Waals surface area contributed by atoms with Crippen LogP contribution < -0.4 is 4.74 Å². The number of hydrogen-bond acceptors (Lipinski definition) is 4. The van der Waals surface area contributed by atoms with Crippen molar-refractivity contribution in [2.75, 3.05) is 27.7 Å². The summed E-state index contributed by atoms with van der Waals surface area (Å²) in [6.45, 7) is 0.996. The molecule has 2 aromatic carbocycles. The number of hydrogen-bond donors (Lipinski definition) is 0. The van der Waals surface area contributed by atoms with Gasteiger partial charge in [-0.25, -0.2) is 4.79 Å². The summed E-state index contributed by atoms with van der Waals surface area (Å²) in [6, 6.07) is 17.6. The van der Waals surface area contributed by atoms with Gasteiger partial charge in [0.1, 0.15) is 5.75 Å². The maximum Gasteiger partial charge on any atom is 0.319 e. The van der Waals surface area contributed by atoms with E-state index in [1.165, 1.54) is 0 Å². The zero-order valence-electron chi connectivity index (χ0n) is 16.0. The van der Waals surface area contributed by atoms with E-state index in [0.29, 0.717) is 19.5 Å². The number of oxime groups is 1. The van der Waals surface area contributed by atoms with Crippen molar-refractivity contribution >= 4 is 11.7 Å². The molecule has 6 heteroatoms. The first-order valence-electron chi connectivity index (χ1n) is 8.94. The van der Waals surface area contributed by atoms with Crippen LogP contribution in [0.1, 0.15) is 17.5 Å². The molecule has 27 heavy (non-hydrogen) atoms. The molecule has 1 aliphatic rings. The lowest BCUT2D eigenvalue weighted by Crippen LogP contribution is -2.42. The zero-order chi connectivity index (χ0) is 19.2. The summed E-state index contributed by atoms with van der Waals surface area (Å²) in [5, 5.41) is 4.25. The van der Waals surface area contributed by atoms with Gasteiger partial charge < -0.3 is 19.4 Å². The van der Waals surface area contributed by atoms with Crippen LogP contribution in [-0.2, 0) is 11.4 Å². The Kier molecular flexibility index (Phi) is 5.96. The molecule has 142 valence electrons. The molecular formula is C21H25N3O3. The molecule has 0 saturated carbocycles. The van der Waals surface area contributed by atoms with Crippen molar-refractivity contribution < 1.29 is 14.4 Å². The Bertz CT molecular complexity index is 805. The van der Waals surface area contributed by atoms with Crippen LogP contribution in [0.5, 0.6) is 5.75 Å². The maximum absolute atomic E-state index is 12.6. The second kappa shape index (κ2) is 8.58. The highest BCUT2D eigenvalue weighted by Crippen LogP contribution is 2.25. The summed E-state index contributed by atoms with van der Waals surface area (Å²) >= 11 is 0. The van der Waals surface area contributed by atoms with Gasteiger partial charge in [0, 0.05) is 32.6 Å². The number of carbonyl (C=O) groups is 1. The van der Waals surface area contributed by atoms with E-state index in [1.54, 1.807) is 31.0 Å². The average Bonchev–Trinajstić information content (AvgIpc) is 3.16. The van der Waals surface area contributed by atoms with E-state index in [1.807, 2.05) is 54.6 Å². The first-order valence-corrected chi connectivity index (χ1v) is 8.94. The minimum absolute atomic E-state index is 0.0480. The molecule has 0 spiro atoms. The van der Waals surface area contributed by atoms with Crippen LogP contribution >= 0.6 is 0 Å². The number of nitrogens with zero attached hydrogens (tertiary/aromatic N) is 3. The average molecular weight is 367 g/mol. The number of benzene rings is 2. The highest BCUT2D eigenvalue weighted by Gasteiger charge is 2.28. The summed E-state index contributed by atoms with van der Waals surface area (Å²) in [7, 11) is 5.16. The topological polar surface area (TPSA) is 54.4 Å². The summed E-state index contributed by atoms with van der Waals surface area (Å²) in [6.07, 6.45) is 0.448. The number of urea groups is 1. The molecule has 1 aliphatic heterocycles. The number of carbonyl (C=O) groups excluding carboxylic acids is 1. The molecule has 3 rings (SSSR count). The van der Waals surface area contributed by atoms with Gasteiger partial charge in [-0.05, 0) is 17.7 Å². The van der Waals surface area contributed by atoms with Gasteiger partial charge in [0.2, 0.25) is 0 Å². The van der Waals surface area contributed by atoms with Gasteiger partial charge in [0.05, 0.1) is 19.4 Å². The lowest BCUT2D eigenvalue weighted by molar-refractivity contribution is 0.0551. The molecule has 1 heterocycles. The summed E-state index contributed by atoms with van der Waals surface area (Å²) in [4.78, 5) is 21.6. The van der Waals surface area contributed by atoms with Crippen LogP contribution in [0.3, 0.4) is 0 Å². The molecule has 0 fully saturated rings. The predicted molar refractivity (Wildman–Crippen MR) is 105 cm³/mol. The second-order valence-corrected chi connectivity index (χ2v) is 6.71. The lowest BCUT2D eigenvalue weighted by atomic mass is 10.0. The first-order chi connectivity index (χ1) is 13.1. The van der Waals surface area contributed by atoms with Gasteiger partial charge >= 0.3 is 6.03 Å². The van der Waals surface area contributed by atoms with Crippen molar-refractivity contribution in [3.8, 4) is 5.75 Å². The third-order valence-electron chi connectivity index (χ3n) is 4.44. The van der Waals surface area contributed by atoms with Crippen molar-refractivity contribution in [1.29, 1.82) is 0 Å². The van der Waals surface area contributed by atoms with Crippen LogP contribution in [0.4, 0.5) is 4.79 Å². The highest BCUT2D eigenvalue weighted by atomic mass is 16.6. The smallest absolute Gasteiger partial charge is 0.319 e. The molecule has 0 aromatic heterocycles. The van der Waals surface area contributed by atoms with Crippen molar-refractivity contribution in [1.82, 2.24) is 9.80 Å². The first kappa shape index (κ1) is 18.8. The Morgan fingerprint density at radius 3 is 2.56 bits per heavy atom. The zero-order valence-corrected chi connectivity index (χ0v) is 16.0. The summed E-state index contributed by atoms with van der Waals surface area (Å²) in [5.74, 6) is 0.769. The van der Waals surface area contributed by atoms with E-state index < -0.39 is 0 Å². The minimum atomic E-state index is -0.183. The Labute approximate surface area is 160 Å². The van der Waals surface area contributed by atoms with Gasteiger partial charge in [-0.3, -0.25) is 0 Å². The second-order valence-electron chi connectivity index (χ2n) is 6.71. The lowest BCUT2D eigenvalue weighted by Gasteiger charge is -2.27. The number of rotatable bonds is 6. The van der Waals surface area contributed by atoms with E-state index >= 15 is 0 Å². The van der Waals surface area contributed by atoms with Gasteiger partial charge in [-0.1, -0.05) is 47.6 Å². The van der Waals surface area contributed by atoms with E-state index in [4.69, 9.17) is 9.57 Å². The fourth-order valence-corrected chi connectivity index (χ4v) is 3.11. The quantitative estimate of drug-likeness (QED) is 0.787. The van der Waals surface area contributed by atoms with E-state index in [9.17, 15) is 4.79 Å². The highest BCUT2D eigenvalue weighted by molar-refractivity contribution is 6.03. The molecule has 0 radical (unpaired) electrons. The summed E-state index contributed by atoms with van der Waals surface area (Å²) < 4.78 is 5.42. The Morgan fingerprint density at radius 2 is 1.85 bits per heavy atom. The van der Waals surface area contributed by atoms with E-state index in [0.717, 1.165) is 22.6 Å². The van der Waals surface area contributed by atoms with Crippen LogP contribution in [0.2, 0.25) is 0 Å². The SMILES string of the molecule is COc1ccccc1C1=NOC(CN(Cc2ccccc2)C(=O)N(C)C)C1. The molecule has 2 amide bonds. The van der Waals surface area contributed by atoms with Crippen molar-refractivity contribution in [2.24, 2.45) is 5.16 Å². The number of ether oxygens (including phenoxy) is 1. The molecule has 0 N–H and O–H groups in total. The van der Waals surface area contributed by atoms with Crippen molar-refractivity contribution in [3.63, 3.8) is 0 Å². The van der Waals surface area contributed by atoms with Crippen LogP contribution in [0, 0.1) is 0 Å². The molecule has 0 aliphatic carbocycles. The largest absolute Gasteiger partial charge is 0.496 e. The van der Waals surface area contributed by atoms with Crippen molar-refractivity contribution in [3.05, 3.63) is 65.7 Å². The predicted octanol–water partition coefficient (Wildman–Crippen LogP) is 3.37. The normalized spacial score (nSPS) is 15.7. The monoisotopic (exact) mass is 367 g/mol. The van der Waals surface area contributed by atoms with Gasteiger partial charge in [0.25, 0.3) is 0 Å². The molecule has 0 bridgehead atoms. The number of para-hydroxylation sites is 1. The Hall–Kier alpha value is -3.02. The third-order valence-corrected chi connectivity index (χ3v) is 4.44. The van der Waals surface area contributed by atoms with Crippen LogP contribution in [0.25, 0.3) is 0 Å². The Morgan fingerprint density at radius 1 is 1.15 bits per heavy atom. The van der Waals surface area contributed by atoms with Crippen LogP contribution in [-0.4, -0.2) is 55.4 Å². The third kappa shape index (κ3) is 4.58. The Balaban J connectivity index is 1.69. The van der Waals surface area contributed by atoms with Crippen LogP contribution in [0.15, 0.2) is 59.8 Å². The number of methoxy groups -OCH3 is 1. The van der Waals surface area contributed by atoms with E-state index in [2.05, 4.69) is 5.16 Å². The maximum atomic E-state index is 12.6. The molecule has 1 unspecified atom stereocenters. The standard InChI is InChI=1S/C21H25N3O3/c1-23(2)21(25)24(14-16-9-5-4-6-10-16)15-17-13-19(22-27-17)18-11-7-8-12-20(18)26-3/h4-12,17H,13-15H2,1-3H3. The molecule has 6 nitrogen and oxygen atoms in total. The number of amides is 2. The fourth-order valence-electron chi connectivity index (χ4n) is 3.11. The van der Waals surface area contributed by atoms with Gasteiger partial charge in [-0.15, -0.1) is 0 Å².